The molecule has 6 nitrogen and oxygen atoms in total. The summed E-state index contributed by atoms with van der Waals surface area (Å²) in [6.45, 7) is 0.0846. The number of nitrogens with zero attached hydrogens (tertiary/aromatic N) is 3. The number of carbonyl (C=O) groups excluding carboxylic acids is 1. The summed E-state index contributed by atoms with van der Waals surface area (Å²) in [6, 6.07) is 11.5. The Labute approximate surface area is 149 Å². The van der Waals surface area contributed by atoms with E-state index in [1.807, 2.05) is 0 Å². The van der Waals surface area contributed by atoms with Crippen molar-refractivity contribution in [3.63, 3.8) is 0 Å². The highest BCUT2D eigenvalue weighted by atomic mass is 19.1. The van der Waals surface area contributed by atoms with Gasteiger partial charge in [-0.05, 0) is 29.8 Å². The summed E-state index contributed by atoms with van der Waals surface area (Å²) < 4.78 is 19.9. The van der Waals surface area contributed by atoms with E-state index in [1.54, 1.807) is 37.4 Å². The van der Waals surface area contributed by atoms with Crippen LogP contribution in [0.25, 0.3) is 10.9 Å². The monoisotopic (exact) mass is 355 g/mol. The minimum atomic E-state index is -0.485. The number of methoxy groups -OCH3 is 1. The van der Waals surface area contributed by atoms with Gasteiger partial charge in [0.25, 0.3) is 5.56 Å². The van der Waals surface area contributed by atoms with E-state index in [0.717, 1.165) is 0 Å². The second kappa shape index (κ2) is 7.35. The summed E-state index contributed by atoms with van der Waals surface area (Å²) in [4.78, 5) is 30.5. The topological polar surface area (TPSA) is 64.4 Å². The van der Waals surface area contributed by atoms with Crippen molar-refractivity contribution in [1.82, 2.24) is 14.5 Å². The third kappa shape index (κ3) is 3.56. The smallest absolute Gasteiger partial charge is 0.261 e. The first-order chi connectivity index (χ1) is 12.5. The van der Waals surface area contributed by atoms with Gasteiger partial charge in [-0.15, -0.1) is 0 Å². The van der Waals surface area contributed by atoms with Crippen LogP contribution in [0, 0.1) is 5.82 Å². The number of halogens is 1. The molecular weight excluding hydrogens is 337 g/mol. The Morgan fingerprint density at radius 1 is 1.27 bits per heavy atom. The molecule has 1 aromatic heterocycles. The van der Waals surface area contributed by atoms with Gasteiger partial charge in [0.1, 0.15) is 6.54 Å². The highest BCUT2D eigenvalue weighted by Gasteiger charge is 2.13. The number of likely N-dealkylation sites (N-methyl/N-ethyl adjacent to an activating group) is 1. The van der Waals surface area contributed by atoms with Gasteiger partial charge in [-0.25, -0.2) is 9.37 Å². The predicted molar refractivity (Wildman–Crippen MR) is 95.4 cm³/mol. The predicted octanol–water partition coefficient (Wildman–Crippen LogP) is 2.20. The number of aromatic nitrogens is 2. The zero-order valence-corrected chi connectivity index (χ0v) is 14.5. The summed E-state index contributed by atoms with van der Waals surface area (Å²) in [7, 11) is 2.99. The molecular formula is C19H18FN3O3. The van der Waals surface area contributed by atoms with Gasteiger partial charge in [0.15, 0.2) is 11.6 Å². The lowest BCUT2D eigenvalue weighted by atomic mass is 10.2. The van der Waals surface area contributed by atoms with Gasteiger partial charge < -0.3 is 9.64 Å². The molecule has 0 saturated heterocycles. The molecule has 134 valence electrons. The van der Waals surface area contributed by atoms with Gasteiger partial charge in [0.05, 0.1) is 24.3 Å². The average molecular weight is 355 g/mol. The standard InChI is InChI=1S/C19H18FN3O3/c1-22(10-13-7-8-17(26-2)15(20)9-13)18(24)11-23-12-21-16-6-4-3-5-14(16)19(23)25/h3-9,12H,10-11H2,1-2H3. The summed E-state index contributed by atoms with van der Waals surface area (Å²) in [6.07, 6.45) is 1.36. The second-order valence-electron chi connectivity index (χ2n) is 5.91. The number of fused-ring (bicyclic) bond motifs is 1. The molecule has 26 heavy (non-hydrogen) atoms. The van der Waals surface area contributed by atoms with Crippen molar-refractivity contribution < 1.29 is 13.9 Å². The van der Waals surface area contributed by atoms with Crippen LogP contribution >= 0.6 is 0 Å². The summed E-state index contributed by atoms with van der Waals surface area (Å²) >= 11 is 0. The van der Waals surface area contributed by atoms with Crippen molar-refractivity contribution in [2.24, 2.45) is 0 Å². The molecule has 0 aliphatic rings. The van der Waals surface area contributed by atoms with Crippen molar-refractivity contribution in [1.29, 1.82) is 0 Å². The van der Waals surface area contributed by atoms with Crippen LogP contribution in [0.4, 0.5) is 4.39 Å². The highest BCUT2D eigenvalue weighted by Crippen LogP contribution is 2.18. The Kier molecular flexibility index (Phi) is 4.97. The lowest BCUT2D eigenvalue weighted by Crippen LogP contribution is -2.33. The Morgan fingerprint density at radius 3 is 2.77 bits per heavy atom. The minimum Gasteiger partial charge on any atom is -0.494 e. The first kappa shape index (κ1) is 17.6. The molecule has 0 spiro atoms. The van der Waals surface area contributed by atoms with E-state index in [4.69, 9.17) is 4.74 Å². The normalized spacial score (nSPS) is 10.7. The number of rotatable bonds is 5. The first-order valence-corrected chi connectivity index (χ1v) is 8.00. The van der Waals surface area contributed by atoms with Crippen LogP contribution in [0.15, 0.2) is 53.6 Å². The van der Waals surface area contributed by atoms with Crippen LogP contribution < -0.4 is 10.3 Å². The average Bonchev–Trinajstić information content (AvgIpc) is 2.64. The fraction of sp³-hybridized carbons (Fsp3) is 0.211. The molecule has 3 rings (SSSR count). The van der Waals surface area contributed by atoms with Gasteiger partial charge in [-0.1, -0.05) is 18.2 Å². The zero-order chi connectivity index (χ0) is 18.7. The van der Waals surface area contributed by atoms with E-state index in [0.29, 0.717) is 16.5 Å². The molecule has 0 aliphatic carbocycles. The van der Waals surface area contributed by atoms with Crippen LogP contribution in [0.5, 0.6) is 5.75 Å². The maximum atomic E-state index is 13.8. The fourth-order valence-electron chi connectivity index (χ4n) is 2.66. The molecule has 0 fully saturated rings. The van der Waals surface area contributed by atoms with Gasteiger partial charge in [-0.3, -0.25) is 14.2 Å². The molecule has 0 atom stereocenters. The molecule has 0 N–H and O–H groups in total. The minimum absolute atomic E-state index is 0.133. The highest BCUT2D eigenvalue weighted by molar-refractivity contribution is 5.78. The quantitative estimate of drug-likeness (QED) is 0.704. The maximum Gasteiger partial charge on any atom is 0.261 e. The van der Waals surface area contributed by atoms with Gasteiger partial charge in [0.2, 0.25) is 5.91 Å². The van der Waals surface area contributed by atoms with Crippen LogP contribution in [0.3, 0.4) is 0 Å². The van der Waals surface area contributed by atoms with E-state index in [2.05, 4.69) is 4.98 Å². The Hall–Kier alpha value is -3.22. The molecule has 0 radical (unpaired) electrons. The van der Waals surface area contributed by atoms with Gasteiger partial charge >= 0.3 is 0 Å². The van der Waals surface area contributed by atoms with Crippen molar-refractivity contribution in [2.45, 2.75) is 13.1 Å². The number of para-hydroxylation sites is 1. The van der Waals surface area contributed by atoms with E-state index in [-0.39, 0.29) is 30.3 Å². The number of ether oxygens (including phenoxy) is 1. The van der Waals surface area contributed by atoms with Crippen LogP contribution in [0.2, 0.25) is 0 Å². The first-order valence-electron chi connectivity index (χ1n) is 8.00. The lowest BCUT2D eigenvalue weighted by molar-refractivity contribution is -0.131. The molecule has 0 aliphatic heterocycles. The van der Waals surface area contributed by atoms with E-state index in [1.165, 1.54) is 35.0 Å². The molecule has 7 heteroatoms. The summed E-state index contributed by atoms with van der Waals surface area (Å²) in [5.41, 5.74) is 0.944. The van der Waals surface area contributed by atoms with E-state index < -0.39 is 5.82 Å². The van der Waals surface area contributed by atoms with Gasteiger partial charge in [0, 0.05) is 13.6 Å². The summed E-state index contributed by atoms with van der Waals surface area (Å²) in [5.74, 6) is -0.613. The molecule has 1 amide bonds. The fourth-order valence-corrected chi connectivity index (χ4v) is 2.66. The Bertz CT molecular complexity index is 1020. The zero-order valence-electron chi connectivity index (χ0n) is 14.5. The SMILES string of the molecule is COc1ccc(CN(C)C(=O)Cn2cnc3ccccc3c2=O)cc1F. The third-order valence-corrected chi connectivity index (χ3v) is 4.10. The maximum absolute atomic E-state index is 13.8. The van der Waals surface area contributed by atoms with E-state index in [9.17, 15) is 14.0 Å². The van der Waals surface area contributed by atoms with Crippen molar-refractivity contribution >= 4 is 16.8 Å². The lowest BCUT2D eigenvalue weighted by Gasteiger charge is -2.18. The molecule has 1 heterocycles. The molecule has 3 aromatic rings. The number of amides is 1. The second-order valence-corrected chi connectivity index (χ2v) is 5.91. The van der Waals surface area contributed by atoms with Crippen LogP contribution in [0.1, 0.15) is 5.56 Å². The Balaban J connectivity index is 1.74. The van der Waals surface area contributed by atoms with Crippen molar-refractivity contribution in [3.05, 3.63) is 70.5 Å². The van der Waals surface area contributed by atoms with Crippen molar-refractivity contribution in [2.75, 3.05) is 14.2 Å². The largest absolute Gasteiger partial charge is 0.494 e. The molecule has 0 unspecified atom stereocenters. The number of benzene rings is 2. The van der Waals surface area contributed by atoms with Crippen LogP contribution in [-0.4, -0.2) is 34.5 Å². The molecule has 0 saturated carbocycles. The van der Waals surface area contributed by atoms with Crippen molar-refractivity contribution in [3.8, 4) is 5.75 Å². The van der Waals surface area contributed by atoms with E-state index >= 15 is 0 Å². The van der Waals surface area contributed by atoms with Gasteiger partial charge in [-0.2, -0.15) is 0 Å². The molecule has 2 aromatic carbocycles. The Morgan fingerprint density at radius 2 is 2.04 bits per heavy atom. The summed E-state index contributed by atoms with van der Waals surface area (Å²) in [5, 5.41) is 0.461. The number of hydrogen-bond donors (Lipinski definition) is 0. The third-order valence-electron chi connectivity index (χ3n) is 4.10. The van der Waals surface area contributed by atoms with Crippen LogP contribution in [-0.2, 0) is 17.9 Å². The number of carbonyl (C=O) groups is 1. The number of hydrogen-bond acceptors (Lipinski definition) is 4. The molecule has 0 bridgehead atoms.